The van der Waals surface area contributed by atoms with Crippen molar-refractivity contribution < 1.29 is 27.1 Å². The smallest absolute Gasteiger partial charge is 0.325 e. The maximum absolute atomic E-state index is 15.4. The van der Waals surface area contributed by atoms with Crippen LogP contribution in [0.1, 0.15) is 31.9 Å². The number of anilines is 1. The molecule has 1 N–H and O–H groups in total. The van der Waals surface area contributed by atoms with Crippen molar-refractivity contribution in [3.05, 3.63) is 89.8 Å². The van der Waals surface area contributed by atoms with Crippen LogP contribution in [0, 0.1) is 17.2 Å². The molecule has 0 aliphatic carbocycles. The number of methoxy groups -OCH3 is 1. The fourth-order valence-corrected chi connectivity index (χ4v) is 4.94. The molecule has 3 aromatic rings. The lowest BCUT2D eigenvalue weighted by Gasteiger charge is -2.22. The molecule has 0 radical (unpaired) electrons. The minimum atomic E-state index is -3.63. The molecule has 0 saturated heterocycles. The van der Waals surface area contributed by atoms with Gasteiger partial charge in [0.05, 0.1) is 23.6 Å². The summed E-state index contributed by atoms with van der Waals surface area (Å²) in [5.41, 5.74) is 2.39. The summed E-state index contributed by atoms with van der Waals surface area (Å²) in [7, 11) is -2.46. The second-order valence-electron chi connectivity index (χ2n) is 9.42. The summed E-state index contributed by atoms with van der Waals surface area (Å²) in [5.74, 6) is -2.69. The van der Waals surface area contributed by atoms with Gasteiger partial charge in [-0.1, -0.05) is 50.2 Å². The third-order valence-electron chi connectivity index (χ3n) is 6.06. The lowest BCUT2D eigenvalue weighted by molar-refractivity contribution is -0.139. The van der Waals surface area contributed by atoms with Crippen LogP contribution in [0.2, 0.25) is 0 Å². The Morgan fingerprint density at radius 2 is 1.62 bits per heavy atom. The topological polar surface area (TPSA) is 117 Å². The Bertz CT molecular complexity index is 1560. The van der Waals surface area contributed by atoms with E-state index in [2.05, 4.69) is 4.72 Å². The number of ether oxygens (including phenoxy) is 1. The first-order valence-electron chi connectivity index (χ1n) is 12.4. The summed E-state index contributed by atoms with van der Waals surface area (Å²) in [6.45, 7) is 5.05. The fraction of sp³-hybridized carbons (Fsp3) is 0.233. The molecule has 0 unspecified atom stereocenters. The number of allylic oxidation sites excluding steroid dienone is 1. The number of esters is 1. The molecule has 0 spiro atoms. The van der Waals surface area contributed by atoms with Crippen molar-refractivity contribution in [3.63, 3.8) is 0 Å². The number of halogens is 1. The number of carbonyl (C=O) groups excluding carboxylic acids is 2. The van der Waals surface area contributed by atoms with Gasteiger partial charge in [-0.2, -0.15) is 5.26 Å². The zero-order chi connectivity index (χ0) is 29.4. The average Bonchev–Trinajstić information content (AvgIpc) is 2.97. The minimum absolute atomic E-state index is 0.0199. The van der Waals surface area contributed by atoms with Crippen molar-refractivity contribution in [1.82, 2.24) is 4.72 Å². The Morgan fingerprint density at radius 3 is 2.17 bits per heavy atom. The molecule has 0 heterocycles. The van der Waals surface area contributed by atoms with E-state index in [0.29, 0.717) is 23.2 Å². The van der Waals surface area contributed by atoms with Gasteiger partial charge in [-0.3, -0.25) is 14.5 Å². The summed E-state index contributed by atoms with van der Waals surface area (Å²) in [6.07, 6.45) is 0. The Morgan fingerprint density at radius 1 is 1.02 bits per heavy atom. The third kappa shape index (κ3) is 7.40. The first-order valence-corrected chi connectivity index (χ1v) is 13.9. The summed E-state index contributed by atoms with van der Waals surface area (Å²) in [4.78, 5) is 26.4. The lowest BCUT2D eigenvalue weighted by Crippen LogP contribution is -2.36. The van der Waals surface area contributed by atoms with Gasteiger partial charge in [0.2, 0.25) is 10.0 Å². The summed E-state index contributed by atoms with van der Waals surface area (Å²) in [6, 6.07) is 21.0. The monoisotopic (exact) mass is 563 g/mol. The lowest BCUT2D eigenvalue weighted by atomic mass is 10.0. The SMILES string of the molecule is COC(=O)CN(C(=O)C(F)=C(C)c1cccc(C#N)c1)c1ccc(-c2ccc(S(=O)(=O)NCC(C)C)cc2)cc1. The van der Waals surface area contributed by atoms with Gasteiger partial charge in [-0.25, -0.2) is 17.5 Å². The van der Waals surface area contributed by atoms with E-state index in [1.807, 2.05) is 19.9 Å². The molecule has 0 aromatic heterocycles. The van der Waals surface area contributed by atoms with Crippen molar-refractivity contribution in [1.29, 1.82) is 5.26 Å². The number of hydrogen-bond acceptors (Lipinski definition) is 6. The molecule has 0 aliphatic heterocycles. The van der Waals surface area contributed by atoms with Gasteiger partial charge in [0.25, 0.3) is 5.91 Å². The van der Waals surface area contributed by atoms with Crippen molar-refractivity contribution in [2.24, 2.45) is 5.92 Å². The number of amides is 1. The zero-order valence-electron chi connectivity index (χ0n) is 22.6. The number of nitriles is 1. The van der Waals surface area contributed by atoms with Crippen LogP contribution >= 0.6 is 0 Å². The standard InChI is InChI=1S/C30H30FN3O5S/c1-20(2)18-33-40(37,38)27-14-10-24(11-15-27)23-8-12-26(13-9-23)34(19-28(35)39-4)30(36)29(31)21(3)25-7-5-6-22(16-25)17-32/h5-16,20,33H,18-19H2,1-4H3. The number of nitrogens with zero attached hydrogens (tertiary/aromatic N) is 2. The van der Waals surface area contributed by atoms with E-state index in [-0.39, 0.29) is 22.1 Å². The van der Waals surface area contributed by atoms with Crippen LogP contribution in [-0.2, 0) is 24.3 Å². The normalized spacial score (nSPS) is 11.9. The van der Waals surface area contributed by atoms with Gasteiger partial charge in [0, 0.05) is 12.2 Å². The van der Waals surface area contributed by atoms with Crippen LogP contribution < -0.4 is 9.62 Å². The third-order valence-corrected chi connectivity index (χ3v) is 7.50. The van der Waals surface area contributed by atoms with Crippen molar-refractivity contribution in [2.75, 3.05) is 25.1 Å². The van der Waals surface area contributed by atoms with Crippen LogP contribution in [0.4, 0.5) is 10.1 Å². The highest BCUT2D eigenvalue weighted by Crippen LogP contribution is 2.28. The van der Waals surface area contributed by atoms with E-state index in [4.69, 9.17) is 10.00 Å². The van der Waals surface area contributed by atoms with Crippen LogP contribution in [0.3, 0.4) is 0 Å². The second kappa shape index (κ2) is 13.2. The van der Waals surface area contributed by atoms with E-state index in [1.165, 1.54) is 32.2 Å². The van der Waals surface area contributed by atoms with E-state index in [9.17, 15) is 18.0 Å². The maximum Gasteiger partial charge on any atom is 0.325 e. The van der Waals surface area contributed by atoms with Gasteiger partial charge in [-0.15, -0.1) is 0 Å². The molecule has 0 atom stereocenters. The molecule has 0 bridgehead atoms. The largest absolute Gasteiger partial charge is 0.468 e. The predicted molar refractivity (Wildman–Crippen MR) is 151 cm³/mol. The first-order chi connectivity index (χ1) is 19.0. The molecule has 0 fully saturated rings. The number of rotatable bonds is 10. The quantitative estimate of drug-likeness (QED) is 0.272. The molecule has 0 saturated carbocycles. The molecule has 208 valence electrons. The van der Waals surface area contributed by atoms with Crippen LogP contribution in [-0.4, -0.2) is 40.5 Å². The average molecular weight is 564 g/mol. The number of hydrogen-bond donors (Lipinski definition) is 1. The first kappa shape index (κ1) is 30.2. The predicted octanol–water partition coefficient (Wildman–Crippen LogP) is 5.07. The van der Waals surface area contributed by atoms with Crippen LogP contribution in [0.5, 0.6) is 0 Å². The highest BCUT2D eigenvalue weighted by atomic mass is 32.2. The molecule has 3 rings (SSSR count). The van der Waals surface area contributed by atoms with Gasteiger partial charge in [0.1, 0.15) is 6.54 Å². The molecule has 1 amide bonds. The number of nitrogens with one attached hydrogen (secondary N) is 1. The van der Waals surface area contributed by atoms with Crippen LogP contribution in [0.15, 0.2) is 83.5 Å². The minimum Gasteiger partial charge on any atom is -0.468 e. The molecule has 0 aliphatic rings. The van der Waals surface area contributed by atoms with E-state index >= 15 is 4.39 Å². The highest BCUT2D eigenvalue weighted by molar-refractivity contribution is 7.89. The van der Waals surface area contributed by atoms with Gasteiger partial charge in [-0.05, 0) is 71.5 Å². The van der Waals surface area contributed by atoms with Crippen molar-refractivity contribution in [2.45, 2.75) is 25.7 Å². The maximum atomic E-state index is 15.4. The Balaban J connectivity index is 1.89. The number of benzene rings is 3. The summed E-state index contributed by atoms with van der Waals surface area (Å²) >= 11 is 0. The molecule has 40 heavy (non-hydrogen) atoms. The highest BCUT2D eigenvalue weighted by Gasteiger charge is 2.25. The summed E-state index contributed by atoms with van der Waals surface area (Å²) in [5, 5.41) is 9.13. The van der Waals surface area contributed by atoms with E-state index < -0.39 is 34.3 Å². The molecule has 10 heteroatoms. The molecular weight excluding hydrogens is 533 g/mol. The van der Waals surface area contributed by atoms with Gasteiger partial charge < -0.3 is 4.74 Å². The molecular formula is C30H30FN3O5S. The van der Waals surface area contributed by atoms with Crippen LogP contribution in [0.25, 0.3) is 16.7 Å². The molecule has 8 nitrogen and oxygen atoms in total. The van der Waals surface area contributed by atoms with Crippen molar-refractivity contribution >= 4 is 33.2 Å². The summed E-state index contributed by atoms with van der Waals surface area (Å²) < 4.78 is 47.6. The number of sulfonamides is 1. The van der Waals surface area contributed by atoms with E-state index in [1.54, 1.807) is 54.6 Å². The second-order valence-corrected chi connectivity index (χ2v) is 11.2. The zero-order valence-corrected chi connectivity index (χ0v) is 23.5. The molecule has 3 aromatic carbocycles. The van der Waals surface area contributed by atoms with Crippen molar-refractivity contribution in [3.8, 4) is 17.2 Å². The van der Waals surface area contributed by atoms with E-state index in [0.717, 1.165) is 10.5 Å². The Labute approximate surface area is 233 Å². The fourth-order valence-electron chi connectivity index (χ4n) is 3.72. The van der Waals surface area contributed by atoms with Gasteiger partial charge >= 0.3 is 5.97 Å². The Kier molecular flexibility index (Phi) is 9.93. The van der Waals surface area contributed by atoms with Gasteiger partial charge in [0.15, 0.2) is 5.83 Å². The number of carbonyl (C=O) groups is 2. The Hall–Kier alpha value is -4.33.